The highest BCUT2D eigenvalue weighted by Gasteiger charge is 2.38. The van der Waals surface area contributed by atoms with E-state index in [0.29, 0.717) is 18.7 Å². The molecule has 148 valence electrons. The molecule has 28 heavy (non-hydrogen) atoms. The molecule has 1 aromatic heterocycles. The van der Waals surface area contributed by atoms with E-state index in [9.17, 15) is 4.79 Å². The lowest BCUT2D eigenvalue weighted by atomic mass is 9.96. The summed E-state index contributed by atoms with van der Waals surface area (Å²) in [4.78, 5) is 26.4. The average molecular weight is 380 g/mol. The first-order chi connectivity index (χ1) is 13.8. The van der Waals surface area contributed by atoms with E-state index in [1.54, 1.807) is 12.4 Å². The van der Waals surface area contributed by atoms with Crippen LogP contribution >= 0.6 is 0 Å². The lowest BCUT2D eigenvalue weighted by molar-refractivity contribution is -0.0707. The van der Waals surface area contributed by atoms with Crippen molar-refractivity contribution in [1.82, 2.24) is 19.8 Å². The molecule has 1 amide bonds. The number of morpholine rings is 1. The number of ether oxygens (including phenoxy) is 1. The van der Waals surface area contributed by atoms with Gasteiger partial charge in [-0.1, -0.05) is 37.3 Å². The fraction of sp³-hybridized carbons (Fsp3) is 0.500. The van der Waals surface area contributed by atoms with Gasteiger partial charge in [0.2, 0.25) is 0 Å². The molecule has 0 N–H and O–H groups in total. The molecule has 0 aliphatic carbocycles. The van der Waals surface area contributed by atoms with Gasteiger partial charge < -0.3 is 14.5 Å². The first-order valence-corrected chi connectivity index (χ1v) is 10.3. The summed E-state index contributed by atoms with van der Waals surface area (Å²) in [6, 6.07) is 10.1. The third kappa shape index (κ3) is 4.08. The number of carbonyl (C=O) groups excluding carboxylic acids is 1. The Labute approximate surface area is 166 Å². The predicted octanol–water partition coefficient (Wildman–Crippen LogP) is 2.72. The molecular formula is C22H28N4O2. The Morgan fingerprint density at radius 1 is 1.11 bits per heavy atom. The number of aromatic nitrogens is 2. The van der Waals surface area contributed by atoms with Crippen LogP contribution in [-0.4, -0.2) is 64.6 Å². The van der Waals surface area contributed by atoms with Crippen molar-refractivity contribution in [3.8, 4) is 0 Å². The molecule has 0 spiro atoms. The summed E-state index contributed by atoms with van der Waals surface area (Å²) in [5.74, 6) is 0.733. The quantitative estimate of drug-likeness (QED) is 0.798. The van der Waals surface area contributed by atoms with Gasteiger partial charge in [-0.3, -0.25) is 4.79 Å². The van der Waals surface area contributed by atoms with Crippen molar-refractivity contribution in [3.05, 3.63) is 59.7 Å². The number of amides is 1. The predicted molar refractivity (Wildman–Crippen MR) is 107 cm³/mol. The fourth-order valence-electron chi connectivity index (χ4n) is 4.19. The summed E-state index contributed by atoms with van der Waals surface area (Å²) < 4.78 is 6.19. The number of carbonyl (C=O) groups is 1. The maximum Gasteiger partial charge on any atom is 0.257 e. The monoisotopic (exact) mass is 380 g/mol. The Bertz CT molecular complexity index is 775. The van der Waals surface area contributed by atoms with Gasteiger partial charge in [-0.05, 0) is 31.5 Å². The molecule has 2 atom stereocenters. The maximum absolute atomic E-state index is 13.3. The summed E-state index contributed by atoms with van der Waals surface area (Å²) in [5, 5.41) is 0. The van der Waals surface area contributed by atoms with E-state index in [0.717, 1.165) is 37.4 Å². The van der Waals surface area contributed by atoms with E-state index >= 15 is 0 Å². The molecule has 2 aliphatic rings. The van der Waals surface area contributed by atoms with Crippen molar-refractivity contribution in [1.29, 1.82) is 0 Å². The number of rotatable bonds is 5. The van der Waals surface area contributed by atoms with Crippen LogP contribution in [0.2, 0.25) is 0 Å². The normalized spacial score (nSPS) is 23.1. The average Bonchev–Trinajstić information content (AvgIpc) is 3.27. The van der Waals surface area contributed by atoms with E-state index in [4.69, 9.17) is 4.74 Å². The van der Waals surface area contributed by atoms with Crippen LogP contribution in [0.25, 0.3) is 0 Å². The molecule has 2 aliphatic heterocycles. The van der Waals surface area contributed by atoms with Gasteiger partial charge in [0.1, 0.15) is 5.82 Å². The Morgan fingerprint density at radius 3 is 2.50 bits per heavy atom. The zero-order valence-electron chi connectivity index (χ0n) is 16.5. The van der Waals surface area contributed by atoms with Crippen molar-refractivity contribution >= 4 is 5.91 Å². The molecule has 6 nitrogen and oxygen atoms in total. The molecular weight excluding hydrogens is 352 g/mol. The highest BCUT2D eigenvalue weighted by molar-refractivity contribution is 5.94. The smallest absolute Gasteiger partial charge is 0.257 e. The number of hydrogen-bond donors (Lipinski definition) is 0. The number of aryl methyl sites for hydroxylation is 1. The second-order valence-electron chi connectivity index (χ2n) is 7.51. The Hall–Kier alpha value is -2.31. The maximum atomic E-state index is 13.3. The number of benzene rings is 1. The molecule has 6 heteroatoms. The molecule has 3 heterocycles. The van der Waals surface area contributed by atoms with Crippen molar-refractivity contribution in [2.75, 3.05) is 32.8 Å². The van der Waals surface area contributed by atoms with Crippen LogP contribution in [0.1, 0.15) is 47.6 Å². The summed E-state index contributed by atoms with van der Waals surface area (Å²) in [6.45, 7) is 6.22. The number of nitrogens with zero attached hydrogens (tertiary/aromatic N) is 4. The van der Waals surface area contributed by atoms with Gasteiger partial charge in [0.05, 0.1) is 24.3 Å². The third-order valence-corrected chi connectivity index (χ3v) is 5.66. The topological polar surface area (TPSA) is 58.6 Å². The SMILES string of the molecule is CCc1ncc(C(=O)N2CCO[C@@H](CN3CCCC3)[C@@H]2c2ccccc2)cn1. The van der Waals surface area contributed by atoms with Gasteiger partial charge in [-0.25, -0.2) is 9.97 Å². The summed E-state index contributed by atoms with van der Waals surface area (Å²) in [6.07, 6.45) is 6.52. The Morgan fingerprint density at radius 2 is 1.82 bits per heavy atom. The van der Waals surface area contributed by atoms with Crippen LogP contribution in [0.4, 0.5) is 0 Å². The first kappa shape index (κ1) is 19.0. The fourth-order valence-corrected chi connectivity index (χ4v) is 4.19. The second kappa shape index (κ2) is 8.80. The molecule has 2 aromatic rings. The number of hydrogen-bond acceptors (Lipinski definition) is 5. The van der Waals surface area contributed by atoms with Crippen molar-refractivity contribution in [2.45, 2.75) is 38.3 Å². The van der Waals surface area contributed by atoms with E-state index in [-0.39, 0.29) is 18.1 Å². The van der Waals surface area contributed by atoms with E-state index < -0.39 is 0 Å². The molecule has 4 rings (SSSR count). The minimum atomic E-state index is -0.103. The van der Waals surface area contributed by atoms with Crippen LogP contribution < -0.4 is 0 Å². The standard InChI is InChI=1S/C22H28N4O2/c1-2-20-23-14-18(15-24-20)22(27)26-12-13-28-19(16-25-10-6-7-11-25)21(26)17-8-4-3-5-9-17/h3-5,8-9,14-15,19,21H,2,6-7,10-13,16H2,1H3/t19-,21-/m0/s1. The van der Waals surface area contributed by atoms with Gasteiger partial charge in [0.15, 0.2) is 0 Å². The zero-order chi connectivity index (χ0) is 19.3. The van der Waals surface area contributed by atoms with Crippen molar-refractivity contribution in [2.24, 2.45) is 0 Å². The van der Waals surface area contributed by atoms with Gasteiger partial charge in [-0.15, -0.1) is 0 Å². The van der Waals surface area contributed by atoms with Crippen LogP contribution in [0.5, 0.6) is 0 Å². The van der Waals surface area contributed by atoms with Crippen LogP contribution in [0.15, 0.2) is 42.7 Å². The molecule has 2 fully saturated rings. The van der Waals surface area contributed by atoms with E-state index in [1.165, 1.54) is 12.8 Å². The largest absolute Gasteiger partial charge is 0.373 e. The highest BCUT2D eigenvalue weighted by Crippen LogP contribution is 2.32. The minimum absolute atomic E-state index is 0.0220. The van der Waals surface area contributed by atoms with Gasteiger partial charge in [0, 0.05) is 31.9 Å². The lowest BCUT2D eigenvalue weighted by Crippen LogP contribution is -2.51. The zero-order valence-corrected chi connectivity index (χ0v) is 16.5. The molecule has 0 radical (unpaired) electrons. The third-order valence-electron chi connectivity index (χ3n) is 5.66. The molecule has 0 saturated carbocycles. The molecule has 1 aromatic carbocycles. The van der Waals surface area contributed by atoms with Gasteiger partial charge >= 0.3 is 0 Å². The second-order valence-corrected chi connectivity index (χ2v) is 7.51. The highest BCUT2D eigenvalue weighted by atomic mass is 16.5. The Balaban J connectivity index is 1.61. The van der Waals surface area contributed by atoms with Crippen LogP contribution in [0.3, 0.4) is 0 Å². The van der Waals surface area contributed by atoms with Crippen molar-refractivity contribution < 1.29 is 9.53 Å². The van der Waals surface area contributed by atoms with E-state index in [2.05, 4.69) is 27.0 Å². The van der Waals surface area contributed by atoms with Crippen LogP contribution in [0, 0.1) is 0 Å². The molecule has 0 unspecified atom stereocenters. The lowest BCUT2D eigenvalue weighted by Gasteiger charge is -2.42. The first-order valence-electron chi connectivity index (χ1n) is 10.3. The van der Waals surface area contributed by atoms with Crippen molar-refractivity contribution in [3.63, 3.8) is 0 Å². The van der Waals surface area contributed by atoms with E-state index in [1.807, 2.05) is 30.0 Å². The Kier molecular flexibility index (Phi) is 5.98. The summed E-state index contributed by atoms with van der Waals surface area (Å²) in [7, 11) is 0. The van der Waals surface area contributed by atoms with Gasteiger partial charge in [-0.2, -0.15) is 0 Å². The number of likely N-dealkylation sites (tertiary alicyclic amines) is 1. The summed E-state index contributed by atoms with van der Waals surface area (Å²) in [5.41, 5.74) is 1.66. The molecule has 0 bridgehead atoms. The minimum Gasteiger partial charge on any atom is -0.373 e. The molecule has 2 saturated heterocycles. The van der Waals surface area contributed by atoms with Gasteiger partial charge in [0.25, 0.3) is 5.91 Å². The van der Waals surface area contributed by atoms with Crippen LogP contribution in [-0.2, 0) is 11.2 Å². The summed E-state index contributed by atoms with van der Waals surface area (Å²) >= 11 is 0.